The quantitative estimate of drug-likeness (QED) is 0.237. The largest absolute Gasteiger partial charge is 0.492 e. The Hall–Kier alpha value is -3.12. The van der Waals surface area contributed by atoms with Crippen LogP contribution in [0.5, 0.6) is 5.75 Å². The molecule has 4 rings (SSSR count). The Bertz CT molecular complexity index is 1290. The lowest BCUT2D eigenvalue weighted by atomic mass is 10.0. The molecule has 6 heteroatoms. The molecule has 0 spiro atoms. The number of benzene rings is 2. The van der Waals surface area contributed by atoms with E-state index in [1.165, 1.54) is 31.2 Å². The number of nitrogens with zero attached hydrogens (tertiary/aromatic N) is 3. The average molecular weight is 505 g/mol. The van der Waals surface area contributed by atoms with Crippen molar-refractivity contribution in [2.45, 2.75) is 59.8 Å². The number of aryl methyl sites for hydroxylation is 2. The van der Waals surface area contributed by atoms with Crippen LogP contribution >= 0.6 is 0 Å². The van der Waals surface area contributed by atoms with Crippen molar-refractivity contribution >= 4 is 21.9 Å². The Morgan fingerprint density at radius 3 is 2.54 bits per heavy atom. The van der Waals surface area contributed by atoms with E-state index >= 15 is 0 Å². The Kier molecular flexibility index (Phi) is 11.2. The first-order valence-corrected chi connectivity index (χ1v) is 13.8. The first kappa shape index (κ1) is 28.5. The Labute approximate surface area is 221 Å². The van der Waals surface area contributed by atoms with Gasteiger partial charge in [-0.05, 0) is 74.0 Å². The van der Waals surface area contributed by atoms with Crippen LogP contribution in [0.25, 0.3) is 21.9 Å². The Morgan fingerprint density at radius 2 is 1.81 bits per heavy atom. The summed E-state index contributed by atoms with van der Waals surface area (Å²) in [5, 5.41) is 1.02. The van der Waals surface area contributed by atoms with Crippen molar-refractivity contribution in [3.05, 3.63) is 70.8 Å². The third-order valence-electron chi connectivity index (χ3n) is 6.98. The van der Waals surface area contributed by atoms with Gasteiger partial charge in [0.2, 0.25) is 5.56 Å². The van der Waals surface area contributed by atoms with Crippen molar-refractivity contribution in [2.24, 2.45) is 13.0 Å². The molecule has 2 heterocycles. The molecule has 0 radical (unpaired) electrons. The number of H-pyrrole nitrogens is 1. The number of fused-ring (bicyclic) bond motifs is 2. The van der Waals surface area contributed by atoms with E-state index in [1.807, 2.05) is 36.4 Å². The molecule has 0 aliphatic rings. The van der Waals surface area contributed by atoms with Gasteiger partial charge in [-0.25, -0.2) is 4.98 Å². The van der Waals surface area contributed by atoms with Gasteiger partial charge in [0.15, 0.2) is 0 Å². The summed E-state index contributed by atoms with van der Waals surface area (Å²) < 4.78 is 8.06. The van der Waals surface area contributed by atoms with Gasteiger partial charge < -0.3 is 14.3 Å². The van der Waals surface area contributed by atoms with Crippen molar-refractivity contribution in [2.75, 3.05) is 26.2 Å². The van der Waals surface area contributed by atoms with Crippen molar-refractivity contribution in [3.63, 3.8) is 0 Å². The Balaban J connectivity index is 0.000000262. The molecule has 2 aromatic carbocycles. The maximum Gasteiger partial charge on any atom is 0.248 e. The van der Waals surface area contributed by atoms with Crippen LogP contribution in [0, 0.1) is 5.92 Å². The number of rotatable bonds is 12. The van der Waals surface area contributed by atoms with Gasteiger partial charge in [-0.15, -0.1) is 0 Å². The van der Waals surface area contributed by atoms with E-state index in [-0.39, 0.29) is 5.56 Å². The minimum Gasteiger partial charge on any atom is -0.492 e. The summed E-state index contributed by atoms with van der Waals surface area (Å²) in [4.78, 5) is 21.3. The molecule has 0 bridgehead atoms. The molecule has 6 nitrogen and oxygen atoms in total. The van der Waals surface area contributed by atoms with Crippen LogP contribution < -0.4 is 10.3 Å². The normalized spacial score (nSPS) is 12.1. The maximum absolute atomic E-state index is 11.4. The van der Waals surface area contributed by atoms with Gasteiger partial charge in [0, 0.05) is 32.1 Å². The molecule has 200 valence electrons. The second kappa shape index (κ2) is 14.6. The third kappa shape index (κ3) is 8.46. The van der Waals surface area contributed by atoms with E-state index in [9.17, 15) is 4.79 Å². The van der Waals surface area contributed by atoms with Gasteiger partial charge in [0.25, 0.3) is 0 Å². The number of aromatic nitrogens is 3. The number of ether oxygens (including phenoxy) is 1. The van der Waals surface area contributed by atoms with Crippen molar-refractivity contribution in [1.29, 1.82) is 0 Å². The first-order chi connectivity index (χ1) is 17.9. The predicted molar refractivity (Wildman–Crippen MR) is 156 cm³/mol. The monoisotopic (exact) mass is 504 g/mol. The third-order valence-corrected chi connectivity index (χ3v) is 6.98. The molecule has 0 saturated carbocycles. The lowest BCUT2D eigenvalue weighted by Crippen LogP contribution is -2.30. The van der Waals surface area contributed by atoms with Crippen molar-refractivity contribution in [3.8, 4) is 5.75 Å². The van der Waals surface area contributed by atoms with Crippen LogP contribution in [0.2, 0.25) is 0 Å². The summed E-state index contributed by atoms with van der Waals surface area (Å²) in [5.41, 5.74) is 3.05. The van der Waals surface area contributed by atoms with Crippen LogP contribution in [0.4, 0.5) is 0 Å². The van der Waals surface area contributed by atoms with Crippen LogP contribution in [0.15, 0.2) is 59.4 Å². The number of para-hydroxylation sites is 2. The molecule has 0 amide bonds. The highest BCUT2D eigenvalue weighted by molar-refractivity contribution is 5.79. The molecule has 2 aromatic heterocycles. The van der Waals surface area contributed by atoms with Gasteiger partial charge in [-0.3, -0.25) is 9.69 Å². The zero-order valence-corrected chi connectivity index (χ0v) is 23.3. The van der Waals surface area contributed by atoms with Gasteiger partial charge in [-0.2, -0.15) is 0 Å². The number of hydrogen-bond donors (Lipinski definition) is 1. The standard InChI is InChI=1S/C21H32N2O2.C10H12N2/c1-4-12-23(13-6-7-17(3)5-2)14-15-25-19-10-8-18-9-11-21(24)22-20(18)16-19;1-3-10-11-8-6-4-5-7-9(8)12(10)2/h8-11,16-17H,4-7,12-15H2,1-3H3,(H,22,24);4-7H,3H2,1-2H3/t17-;/m1./s1. The molecular formula is C31H44N4O2. The summed E-state index contributed by atoms with van der Waals surface area (Å²) in [5.74, 6) is 2.78. The molecule has 0 saturated heterocycles. The fourth-order valence-electron chi connectivity index (χ4n) is 4.54. The fourth-order valence-corrected chi connectivity index (χ4v) is 4.54. The molecule has 0 fully saturated rings. The number of hydrogen-bond acceptors (Lipinski definition) is 4. The summed E-state index contributed by atoms with van der Waals surface area (Å²) in [6.45, 7) is 12.8. The molecular weight excluding hydrogens is 460 g/mol. The smallest absolute Gasteiger partial charge is 0.248 e. The lowest BCUT2D eigenvalue weighted by molar-refractivity contribution is 0.203. The summed E-state index contributed by atoms with van der Waals surface area (Å²) in [6, 6.07) is 17.4. The van der Waals surface area contributed by atoms with Gasteiger partial charge in [0.05, 0.1) is 16.6 Å². The highest BCUT2D eigenvalue weighted by atomic mass is 16.5. The second-order valence-electron chi connectivity index (χ2n) is 9.85. The molecule has 0 aliphatic carbocycles. The van der Waals surface area contributed by atoms with Gasteiger partial charge in [-0.1, -0.05) is 46.2 Å². The van der Waals surface area contributed by atoms with E-state index in [0.717, 1.165) is 60.0 Å². The number of pyridine rings is 1. The van der Waals surface area contributed by atoms with E-state index < -0.39 is 0 Å². The van der Waals surface area contributed by atoms with Crippen LogP contribution in [0.3, 0.4) is 0 Å². The van der Waals surface area contributed by atoms with Gasteiger partial charge >= 0.3 is 0 Å². The van der Waals surface area contributed by atoms with Crippen molar-refractivity contribution in [1.82, 2.24) is 19.4 Å². The van der Waals surface area contributed by atoms with E-state index in [1.54, 1.807) is 6.07 Å². The van der Waals surface area contributed by atoms with Crippen molar-refractivity contribution < 1.29 is 4.74 Å². The molecule has 0 aliphatic heterocycles. The van der Waals surface area contributed by atoms with E-state index in [4.69, 9.17) is 4.74 Å². The molecule has 0 unspecified atom stereocenters. The SMILES string of the molecule is CCCN(CCC[C@H](C)CC)CCOc1ccc2ccc(=O)[nH]c2c1.CCc1nc2ccccc2n1C. The van der Waals surface area contributed by atoms with E-state index in [0.29, 0.717) is 6.61 Å². The van der Waals surface area contributed by atoms with E-state index in [2.05, 4.69) is 66.3 Å². The Morgan fingerprint density at radius 1 is 1.03 bits per heavy atom. The minimum atomic E-state index is -0.0833. The van der Waals surface area contributed by atoms with Crippen LogP contribution in [0.1, 0.15) is 59.2 Å². The highest BCUT2D eigenvalue weighted by Gasteiger charge is 2.07. The first-order valence-electron chi connectivity index (χ1n) is 13.8. The second-order valence-corrected chi connectivity index (χ2v) is 9.85. The molecule has 37 heavy (non-hydrogen) atoms. The predicted octanol–water partition coefficient (Wildman–Crippen LogP) is 6.58. The van der Waals surface area contributed by atoms with Gasteiger partial charge in [0.1, 0.15) is 18.2 Å². The van der Waals surface area contributed by atoms with Crippen LogP contribution in [-0.4, -0.2) is 45.7 Å². The fraction of sp³-hybridized carbons (Fsp3) is 0.484. The summed E-state index contributed by atoms with van der Waals surface area (Å²) >= 11 is 0. The highest BCUT2D eigenvalue weighted by Crippen LogP contribution is 2.18. The number of imidazole rings is 1. The maximum atomic E-state index is 11.4. The molecule has 4 aromatic rings. The topological polar surface area (TPSA) is 63.1 Å². The molecule has 1 N–H and O–H groups in total. The average Bonchev–Trinajstić information content (AvgIpc) is 3.24. The summed E-state index contributed by atoms with van der Waals surface area (Å²) in [7, 11) is 2.06. The number of aromatic amines is 1. The summed E-state index contributed by atoms with van der Waals surface area (Å²) in [6.07, 6.45) is 5.98. The number of nitrogens with one attached hydrogen (secondary N) is 1. The lowest BCUT2D eigenvalue weighted by Gasteiger charge is -2.22. The van der Waals surface area contributed by atoms with Crippen LogP contribution in [-0.2, 0) is 13.5 Å². The zero-order valence-electron chi connectivity index (χ0n) is 23.3. The minimum absolute atomic E-state index is 0.0833. The molecule has 1 atom stereocenters. The zero-order chi connectivity index (χ0) is 26.6.